The maximum atomic E-state index is 12.7. The van der Waals surface area contributed by atoms with Crippen LogP contribution in [0.1, 0.15) is 15.2 Å². The van der Waals surface area contributed by atoms with Gasteiger partial charge < -0.3 is 4.90 Å². The highest BCUT2D eigenvalue weighted by Crippen LogP contribution is 2.29. The van der Waals surface area contributed by atoms with Crippen molar-refractivity contribution in [2.24, 2.45) is 0 Å². The van der Waals surface area contributed by atoms with E-state index in [4.69, 9.17) is 0 Å². The Kier molecular flexibility index (Phi) is 3.41. The number of nitrogens with one attached hydrogen (secondary N) is 1. The molecule has 1 atom stereocenters. The zero-order valence-corrected chi connectivity index (χ0v) is 14.5. The normalized spacial score (nSPS) is 23.3. The Morgan fingerprint density at radius 3 is 2.88 bits per heavy atom. The first-order valence-corrected chi connectivity index (χ1v) is 9.74. The van der Waals surface area contributed by atoms with Gasteiger partial charge in [0.1, 0.15) is 6.04 Å². The van der Waals surface area contributed by atoms with Gasteiger partial charge in [0, 0.05) is 24.3 Å². The van der Waals surface area contributed by atoms with E-state index in [0.717, 1.165) is 20.0 Å². The summed E-state index contributed by atoms with van der Waals surface area (Å²) in [6, 6.07) is 7.03. The molecule has 2 fully saturated rings. The van der Waals surface area contributed by atoms with Crippen LogP contribution in [0.3, 0.4) is 0 Å². The van der Waals surface area contributed by atoms with E-state index in [1.807, 2.05) is 35.9 Å². The third-order valence-corrected chi connectivity index (χ3v) is 6.95. The molecule has 1 unspecified atom stereocenters. The van der Waals surface area contributed by atoms with Gasteiger partial charge in [-0.25, -0.2) is 4.72 Å². The summed E-state index contributed by atoms with van der Waals surface area (Å²) in [6.07, 6.45) is 0. The van der Waals surface area contributed by atoms with Gasteiger partial charge in [-0.3, -0.25) is 9.59 Å². The van der Waals surface area contributed by atoms with Crippen molar-refractivity contribution >= 4 is 43.4 Å². The van der Waals surface area contributed by atoms with Crippen LogP contribution in [-0.2, 0) is 15.0 Å². The van der Waals surface area contributed by atoms with Crippen LogP contribution in [0.25, 0.3) is 10.1 Å². The number of carbonyl (C=O) groups is 2. The average Bonchev–Trinajstić information content (AvgIpc) is 3.05. The van der Waals surface area contributed by atoms with Gasteiger partial charge >= 0.3 is 10.2 Å². The smallest absolute Gasteiger partial charge is 0.304 e. The lowest BCUT2D eigenvalue weighted by molar-refractivity contribution is -0.122. The number of amides is 2. The maximum Gasteiger partial charge on any atom is 0.304 e. The van der Waals surface area contributed by atoms with Crippen LogP contribution in [0.15, 0.2) is 24.3 Å². The highest BCUT2D eigenvalue weighted by Gasteiger charge is 2.47. The van der Waals surface area contributed by atoms with E-state index in [1.54, 1.807) is 4.90 Å². The summed E-state index contributed by atoms with van der Waals surface area (Å²) in [7, 11) is -3.74. The number of carbonyl (C=O) groups excluding carboxylic acids is 2. The van der Waals surface area contributed by atoms with Gasteiger partial charge in [0.15, 0.2) is 0 Å². The maximum absolute atomic E-state index is 12.7. The molecule has 0 radical (unpaired) electrons. The molecular weight excluding hydrogens is 350 g/mol. The fraction of sp³-hybridized carbons (Fsp3) is 0.333. The molecule has 0 aliphatic carbocycles. The first-order valence-electron chi connectivity index (χ1n) is 7.48. The van der Waals surface area contributed by atoms with Gasteiger partial charge in [-0.1, -0.05) is 12.1 Å². The summed E-state index contributed by atoms with van der Waals surface area (Å²) >= 11 is 1.42. The Balaban J connectivity index is 1.60. The van der Waals surface area contributed by atoms with Gasteiger partial charge in [-0.15, -0.1) is 11.3 Å². The third-order valence-electron chi connectivity index (χ3n) is 4.35. The van der Waals surface area contributed by atoms with Gasteiger partial charge in [-0.05, 0) is 30.0 Å². The minimum atomic E-state index is -3.74. The predicted molar refractivity (Wildman–Crippen MR) is 90.0 cm³/mol. The molecule has 1 aromatic carbocycles. The molecule has 7 nitrogen and oxygen atoms in total. The van der Waals surface area contributed by atoms with Gasteiger partial charge in [0.2, 0.25) is 0 Å². The minimum absolute atomic E-state index is 0.0805. The minimum Gasteiger partial charge on any atom is -0.334 e. The summed E-state index contributed by atoms with van der Waals surface area (Å²) in [5.41, 5.74) is 1.13. The molecule has 24 heavy (non-hydrogen) atoms. The van der Waals surface area contributed by atoms with Crippen LogP contribution >= 0.6 is 11.3 Å². The fourth-order valence-electron chi connectivity index (χ4n) is 3.11. The summed E-state index contributed by atoms with van der Waals surface area (Å²) in [5, 5.41) is 1.01. The Hall–Kier alpha value is -1.97. The molecule has 126 valence electrons. The molecule has 1 aromatic heterocycles. The molecule has 2 aliphatic heterocycles. The van der Waals surface area contributed by atoms with Crippen LogP contribution in [0.2, 0.25) is 0 Å². The number of rotatable bonds is 1. The van der Waals surface area contributed by atoms with Gasteiger partial charge in [0.25, 0.3) is 11.8 Å². The summed E-state index contributed by atoms with van der Waals surface area (Å²) in [5.74, 6) is -0.731. The van der Waals surface area contributed by atoms with Crippen LogP contribution < -0.4 is 4.72 Å². The molecule has 0 spiro atoms. The number of hydrogen-bond acceptors (Lipinski definition) is 5. The van der Waals surface area contributed by atoms with E-state index in [-0.39, 0.29) is 25.5 Å². The van der Waals surface area contributed by atoms with Crippen LogP contribution in [0.5, 0.6) is 0 Å². The number of thiophene rings is 1. The molecular formula is C15H15N3O4S2. The summed E-state index contributed by atoms with van der Waals surface area (Å²) in [4.78, 5) is 26.7. The van der Waals surface area contributed by atoms with E-state index in [2.05, 4.69) is 0 Å². The van der Waals surface area contributed by atoms with E-state index in [9.17, 15) is 18.0 Å². The zero-order valence-electron chi connectivity index (χ0n) is 12.9. The lowest BCUT2D eigenvalue weighted by Crippen LogP contribution is -2.54. The van der Waals surface area contributed by atoms with Crippen molar-refractivity contribution < 1.29 is 18.0 Å². The van der Waals surface area contributed by atoms with E-state index < -0.39 is 22.2 Å². The topological polar surface area (TPSA) is 86.8 Å². The second-order valence-corrected chi connectivity index (χ2v) is 8.71. The van der Waals surface area contributed by atoms with Crippen molar-refractivity contribution in [3.8, 4) is 0 Å². The second-order valence-electron chi connectivity index (χ2n) is 6.00. The van der Waals surface area contributed by atoms with Gasteiger partial charge in [0.05, 0.1) is 4.88 Å². The number of aryl methyl sites for hydroxylation is 1. The molecule has 2 aliphatic rings. The Labute approximate surface area is 143 Å². The fourth-order valence-corrected chi connectivity index (χ4v) is 5.56. The van der Waals surface area contributed by atoms with E-state index in [1.165, 1.54) is 11.3 Å². The van der Waals surface area contributed by atoms with Crippen molar-refractivity contribution in [3.05, 3.63) is 34.7 Å². The lowest BCUT2D eigenvalue weighted by Gasteiger charge is -2.33. The molecule has 2 amide bonds. The summed E-state index contributed by atoms with van der Waals surface area (Å²) in [6.45, 7) is 2.48. The molecule has 9 heteroatoms. The monoisotopic (exact) mass is 365 g/mol. The van der Waals surface area contributed by atoms with Crippen LogP contribution in [0, 0.1) is 6.92 Å². The molecule has 2 aromatic rings. The molecule has 2 saturated heterocycles. The van der Waals surface area contributed by atoms with Crippen LogP contribution in [0.4, 0.5) is 0 Å². The SMILES string of the molecule is Cc1ccc2cc(C(=O)N3CCN4C(C3)C(=O)NS4(=O)=O)sc2c1. The highest BCUT2D eigenvalue weighted by molar-refractivity contribution is 7.88. The highest BCUT2D eigenvalue weighted by atomic mass is 32.2. The number of piperazine rings is 1. The van der Waals surface area contributed by atoms with E-state index >= 15 is 0 Å². The largest absolute Gasteiger partial charge is 0.334 e. The quantitative estimate of drug-likeness (QED) is 0.806. The molecule has 1 N–H and O–H groups in total. The molecule has 0 saturated carbocycles. The molecule has 0 bridgehead atoms. The van der Waals surface area contributed by atoms with E-state index in [0.29, 0.717) is 4.88 Å². The average molecular weight is 365 g/mol. The van der Waals surface area contributed by atoms with Crippen molar-refractivity contribution in [2.75, 3.05) is 19.6 Å². The van der Waals surface area contributed by atoms with Crippen molar-refractivity contribution in [2.45, 2.75) is 13.0 Å². The van der Waals surface area contributed by atoms with Gasteiger partial charge in [-0.2, -0.15) is 12.7 Å². The first kappa shape index (κ1) is 15.6. The van der Waals surface area contributed by atoms with Crippen molar-refractivity contribution in [1.29, 1.82) is 0 Å². The van der Waals surface area contributed by atoms with Crippen LogP contribution in [-0.4, -0.2) is 55.1 Å². The van der Waals surface area contributed by atoms with Crippen molar-refractivity contribution in [1.82, 2.24) is 13.9 Å². The molecule has 4 rings (SSSR count). The second kappa shape index (κ2) is 5.27. The number of nitrogens with zero attached hydrogens (tertiary/aromatic N) is 2. The van der Waals surface area contributed by atoms with Crippen molar-refractivity contribution in [3.63, 3.8) is 0 Å². The molecule has 3 heterocycles. The standard InChI is InChI=1S/C15H15N3O4S2/c1-9-2-3-10-7-13(23-12(10)6-9)15(20)17-4-5-18-11(8-17)14(19)16-24(18,21)22/h2-3,6-7,11H,4-5,8H2,1H3,(H,16,19). The predicted octanol–water partition coefficient (Wildman–Crippen LogP) is 0.711. The first-order chi connectivity index (χ1) is 11.3. The zero-order chi connectivity index (χ0) is 17.1. The number of hydrogen-bond donors (Lipinski definition) is 1. The third kappa shape index (κ3) is 2.40. The Bertz CT molecular complexity index is 966. The summed E-state index contributed by atoms with van der Waals surface area (Å²) < 4.78 is 27.7. The Morgan fingerprint density at radius 1 is 1.29 bits per heavy atom. The Morgan fingerprint density at radius 2 is 2.08 bits per heavy atom. The number of benzene rings is 1. The number of fused-ring (bicyclic) bond motifs is 2. The lowest BCUT2D eigenvalue weighted by atomic mass is 10.1.